The van der Waals surface area contributed by atoms with Gasteiger partial charge in [-0.15, -0.1) is 0 Å². The van der Waals surface area contributed by atoms with E-state index in [4.69, 9.17) is 21.7 Å². The first-order chi connectivity index (χ1) is 15.0. The normalized spacial score (nSPS) is 14.5. The first-order valence-corrected chi connectivity index (χ1v) is 11.1. The highest BCUT2D eigenvalue weighted by Crippen LogP contribution is 2.31. The number of benzene rings is 2. The summed E-state index contributed by atoms with van der Waals surface area (Å²) in [6.07, 6.45) is 4.23. The van der Waals surface area contributed by atoms with Gasteiger partial charge in [0.05, 0.1) is 20.3 Å². The maximum Gasteiger partial charge on any atom is 0.253 e. The Labute approximate surface area is 189 Å². The van der Waals surface area contributed by atoms with Gasteiger partial charge in [0.15, 0.2) is 16.6 Å². The first-order valence-electron chi connectivity index (χ1n) is 10.7. The van der Waals surface area contributed by atoms with Gasteiger partial charge in [-0.1, -0.05) is 13.0 Å². The summed E-state index contributed by atoms with van der Waals surface area (Å²) in [5.74, 6) is 1.49. The minimum absolute atomic E-state index is 0.0276. The van der Waals surface area contributed by atoms with Crippen LogP contribution < -0.4 is 20.1 Å². The van der Waals surface area contributed by atoms with E-state index in [2.05, 4.69) is 17.6 Å². The molecule has 0 spiro atoms. The fourth-order valence-electron chi connectivity index (χ4n) is 3.79. The zero-order chi connectivity index (χ0) is 22.2. The molecule has 1 fully saturated rings. The molecule has 1 aliphatic rings. The van der Waals surface area contributed by atoms with Gasteiger partial charge in [-0.3, -0.25) is 4.79 Å². The lowest BCUT2D eigenvalue weighted by Gasteiger charge is -2.26. The van der Waals surface area contributed by atoms with Gasteiger partial charge in [0.2, 0.25) is 0 Å². The quantitative estimate of drug-likeness (QED) is 0.604. The minimum atomic E-state index is 0.0276. The van der Waals surface area contributed by atoms with Crippen molar-refractivity contribution in [2.24, 2.45) is 0 Å². The van der Waals surface area contributed by atoms with Crippen molar-refractivity contribution < 1.29 is 14.3 Å². The SMILES string of the molecule is CCC(NC(=S)Nc1ccc(C(=O)N2CCCCC2)cc1)c1ccc(OC)c(OC)c1. The van der Waals surface area contributed by atoms with Crippen LogP contribution >= 0.6 is 12.2 Å². The Balaban J connectivity index is 1.61. The maximum atomic E-state index is 12.6. The predicted octanol–water partition coefficient (Wildman–Crippen LogP) is 4.77. The van der Waals surface area contributed by atoms with Crippen molar-refractivity contribution in [1.29, 1.82) is 0 Å². The summed E-state index contributed by atoms with van der Waals surface area (Å²) in [7, 11) is 3.25. The van der Waals surface area contributed by atoms with Crippen molar-refractivity contribution in [2.45, 2.75) is 38.6 Å². The van der Waals surface area contributed by atoms with Crippen molar-refractivity contribution in [3.8, 4) is 11.5 Å². The third-order valence-corrected chi connectivity index (χ3v) is 5.78. The van der Waals surface area contributed by atoms with Crippen molar-refractivity contribution in [3.63, 3.8) is 0 Å². The topological polar surface area (TPSA) is 62.8 Å². The molecule has 1 heterocycles. The zero-order valence-electron chi connectivity index (χ0n) is 18.4. The molecule has 2 aromatic carbocycles. The molecular weight excluding hydrogens is 410 g/mol. The first kappa shape index (κ1) is 22.9. The molecule has 7 heteroatoms. The molecule has 1 saturated heterocycles. The highest BCUT2D eigenvalue weighted by Gasteiger charge is 2.18. The molecule has 1 atom stereocenters. The van der Waals surface area contributed by atoms with Crippen LogP contribution in [0.15, 0.2) is 42.5 Å². The molecule has 6 nitrogen and oxygen atoms in total. The fraction of sp³-hybridized carbons (Fsp3) is 0.417. The number of hydrogen-bond donors (Lipinski definition) is 2. The number of ether oxygens (including phenoxy) is 2. The van der Waals surface area contributed by atoms with Gasteiger partial charge in [0.1, 0.15) is 0 Å². The fourth-order valence-corrected chi connectivity index (χ4v) is 4.05. The summed E-state index contributed by atoms with van der Waals surface area (Å²) in [5, 5.41) is 7.10. The Hall–Kier alpha value is -2.80. The van der Waals surface area contributed by atoms with E-state index in [1.54, 1.807) is 14.2 Å². The van der Waals surface area contributed by atoms with E-state index in [1.165, 1.54) is 6.42 Å². The standard InChI is InChI=1S/C24H31N3O3S/c1-4-20(18-10-13-21(29-2)22(16-18)30-3)26-24(31)25-19-11-8-17(9-12-19)23(28)27-14-6-5-7-15-27/h8-13,16,20H,4-7,14-15H2,1-3H3,(H2,25,26,31). The summed E-state index contributed by atoms with van der Waals surface area (Å²) in [4.78, 5) is 14.6. The van der Waals surface area contributed by atoms with Crippen LogP contribution in [0.4, 0.5) is 5.69 Å². The number of anilines is 1. The van der Waals surface area contributed by atoms with E-state index in [0.717, 1.165) is 43.6 Å². The molecule has 0 aliphatic carbocycles. The smallest absolute Gasteiger partial charge is 0.253 e. The van der Waals surface area contributed by atoms with E-state index in [-0.39, 0.29) is 11.9 Å². The highest BCUT2D eigenvalue weighted by atomic mass is 32.1. The molecule has 0 bridgehead atoms. The Morgan fingerprint density at radius 3 is 2.32 bits per heavy atom. The number of carbonyl (C=O) groups excluding carboxylic acids is 1. The van der Waals surface area contributed by atoms with Crippen LogP contribution in [0, 0.1) is 0 Å². The number of likely N-dealkylation sites (tertiary alicyclic amines) is 1. The molecule has 1 unspecified atom stereocenters. The lowest BCUT2D eigenvalue weighted by molar-refractivity contribution is 0.0724. The minimum Gasteiger partial charge on any atom is -0.493 e. The second-order valence-electron chi connectivity index (χ2n) is 7.60. The molecule has 2 N–H and O–H groups in total. The molecule has 1 aliphatic heterocycles. The molecule has 2 aromatic rings. The van der Waals surface area contributed by atoms with E-state index in [9.17, 15) is 4.79 Å². The van der Waals surface area contributed by atoms with Crippen LogP contribution in [0.3, 0.4) is 0 Å². The monoisotopic (exact) mass is 441 g/mol. The molecule has 1 amide bonds. The average Bonchev–Trinajstić information content (AvgIpc) is 2.82. The van der Waals surface area contributed by atoms with Crippen LogP contribution in [0.5, 0.6) is 11.5 Å². The van der Waals surface area contributed by atoms with Crippen molar-refractivity contribution in [3.05, 3.63) is 53.6 Å². The molecule has 166 valence electrons. The van der Waals surface area contributed by atoms with Crippen LogP contribution in [-0.4, -0.2) is 43.2 Å². The zero-order valence-corrected chi connectivity index (χ0v) is 19.3. The third-order valence-electron chi connectivity index (χ3n) is 5.56. The molecule has 3 rings (SSSR count). The number of amides is 1. The van der Waals surface area contributed by atoms with E-state index >= 15 is 0 Å². The number of rotatable bonds is 7. The second-order valence-corrected chi connectivity index (χ2v) is 8.01. The Morgan fingerprint density at radius 1 is 1.03 bits per heavy atom. The molecule has 0 aromatic heterocycles. The molecule has 31 heavy (non-hydrogen) atoms. The van der Waals surface area contributed by atoms with Crippen LogP contribution in [0.2, 0.25) is 0 Å². The number of hydrogen-bond acceptors (Lipinski definition) is 4. The summed E-state index contributed by atoms with van der Waals surface area (Å²) < 4.78 is 10.7. The number of piperidine rings is 1. The summed E-state index contributed by atoms with van der Waals surface area (Å²) in [6.45, 7) is 3.79. The Morgan fingerprint density at radius 2 is 1.71 bits per heavy atom. The van der Waals surface area contributed by atoms with Crippen LogP contribution in [-0.2, 0) is 0 Å². The van der Waals surface area contributed by atoms with Gasteiger partial charge in [-0.25, -0.2) is 0 Å². The number of carbonyl (C=O) groups is 1. The Kier molecular flexibility index (Phi) is 8.12. The molecule has 0 saturated carbocycles. The van der Waals surface area contributed by atoms with Crippen molar-refractivity contribution in [2.75, 3.05) is 32.6 Å². The number of thiocarbonyl (C=S) groups is 1. The largest absolute Gasteiger partial charge is 0.493 e. The van der Waals surface area contributed by atoms with Crippen molar-refractivity contribution in [1.82, 2.24) is 10.2 Å². The van der Waals surface area contributed by atoms with Crippen LogP contribution in [0.25, 0.3) is 0 Å². The third kappa shape index (κ3) is 5.88. The summed E-state index contributed by atoms with van der Waals surface area (Å²) in [5.41, 5.74) is 2.62. The molecular formula is C24H31N3O3S. The highest BCUT2D eigenvalue weighted by molar-refractivity contribution is 7.80. The summed E-state index contributed by atoms with van der Waals surface area (Å²) >= 11 is 5.52. The van der Waals surface area contributed by atoms with Gasteiger partial charge in [0, 0.05) is 24.3 Å². The van der Waals surface area contributed by atoms with Crippen LogP contribution in [0.1, 0.15) is 54.6 Å². The van der Waals surface area contributed by atoms with E-state index < -0.39 is 0 Å². The second kappa shape index (κ2) is 11.0. The van der Waals surface area contributed by atoms with E-state index in [0.29, 0.717) is 22.2 Å². The predicted molar refractivity (Wildman–Crippen MR) is 128 cm³/mol. The van der Waals surface area contributed by atoms with Gasteiger partial charge >= 0.3 is 0 Å². The number of methoxy groups -OCH3 is 2. The number of nitrogens with zero attached hydrogens (tertiary/aromatic N) is 1. The van der Waals surface area contributed by atoms with Gasteiger partial charge < -0.3 is 25.0 Å². The Bertz CT molecular complexity index is 895. The van der Waals surface area contributed by atoms with Gasteiger partial charge in [-0.05, 0) is 79.9 Å². The van der Waals surface area contributed by atoms with Gasteiger partial charge in [0.25, 0.3) is 5.91 Å². The number of nitrogens with one attached hydrogen (secondary N) is 2. The summed E-state index contributed by atoms with van der Waals surface area (Å²) in [6, 6.07) is 13.4. The maximum absolute atomic E-state index is 12.6. The van der Waals surface area contributed by atoms with Gasteiger partial charge in [-0.2, -0.15) is 0 Å². The van der Waals surface area contributed by atoms with E-state index in [1.807, 2.05) is 47.4 Å². The lowest BCUT2D eigenvalue weighted by Crippen LogP contribution is -2.35. The average molecular weight is 442 g/mol. The lowest BCUT2D eigenvalue weighted by atomic mass is 10.0. The van der Waals surface area contributed by atoms with Crippen molar-refractivity contribution >= 4 is 28.9 Å². The molecule has 0 radical (unpaired) electrons.